The minimum atomic E-state index is -0.384. The number of nitrogens with zero attached hydrogens (tertiary/aromatic N) is 1. The van der Waals surface area contributed by atoms with Crippen molar-refractivity contribution in [3.05, 3.63) is 71.3 Å². The van der Waals surface area contributed by atoms with Crippen LogP contribution in [0.2, 0.25) is 0 Å². The Hall–Kier alpha value is -1.39. The van der Waals surface area contributed by atoms with Gasteiger partial charge in [-0.1, -0.05) is 42.3 Å². The van der Waals surface area contributed by atoms with Gasteiger partial charge in [-0.05, 0) is 43.5 Å². The molecule has 0 aromatic heterocycles. The van der Waals surface area contributed by atoms with Gasteiger partial charge in [0.2, 0.25) is 0 Å². The minimum absolute atomic E-state index is 0.337. The van der Waals surface area contributed by atoms with E-state index in [1.54, 1.807) is 11.9 Å². The highest BCUT2D eigenvalue weighted by molar-refractivity contribution is 7.97. The molecule has 0 saturated carbocycles. The SMILES string of the molecule is C[C@H]1CCC(c2ccccc2)SN1Cc1cc(F)ccc1F. The van der Waals surface area contributed by atoms with Gasteiger partial charge in [-0.25, -0.2) is 13.1 Å². The molecule has 2 aromatic rings. The fourth-order valence-electron chi connectivity index (χ4n) is 2.78. The van der Waals surface area contributed by atoms with Crippen molar-refractivity contribution in [1.29, 1.82) is 0 Å². The van der Waals surface area contributed by atoms with Crippen molar-refractivity contribution in [3.63, 3.8) is 0 Å². The molecule has 1 fully saturated rings. The average molecular weight is 319 g/mol. The predicted octanol–water partition coefficient (Wildman–Crippen LogP) is 5.34. The van der Waals surface area contributed by atoms with Crippen LogP contribution in [-0.2, 0) is 6.54 Å². The summed E-state index contributed by atoms with van der Waals surface area (Å²) in [6.45, 7) is 2.57. The summed E-state index contributed by atoms with van der Waals surface area (Å²) in [6, 6.07) is 14.4. The number of benzene rings is 2. The Labute approximate surface area is 134 Å². The van der Waals surface area contributed by atoms with Crippen LogP contribution in [0.4, 0.5) is 8.78 Å². The standard InChI is InChI=1S/C18H19F2NS/c1-13-7-10-18(14-5-3-2-4-6-14)22-21(13)12-15-11-16(19)8-9-17(15)20/h2-6,8-9,11,13,18H,7,10,12H2,1H3/t13-,18?/m0/s1. The number of halogens is 2. The molecular formula is C18H19F2NS. The van der Waals surface area contributed by atoms with Gasteiger partial charge in [0.1, 0.15) is 11.6 Å². The van der Waals surface area contributed by atoms with E-state index in [0.717, 1.165) is 12.8 Å². The summed E-state index contributed by atoms with van der Waals surface area (Å²) in [4.78, 5) is 0. The number of hydrogen-bond acceptors (Lipinski definition) is 2. The fourth-order valence-corrected chi connectivity index (χ4v) is 4.15. The lowest BCUT2D eigenvalue weighted by atomic mass is 10.0. The van der Waals surface area contributed by atoms with Gasteiger partial charge in [0.15, 0.2) is 0 Å². The first-order chi connectivity index (χ1) is 10.6. The lowest BCUT2D eigenvalue weighted by Crippen LogP contribution is -2.31. The Bertz CT molecular complexity index is 632. The molecule has 0 N–H and O–H groups in total. The van der Waals surface area contributed by atoms with E-state index in [0.29, 0.717) is 23.4 Å². The van der Waals surface area contributed by atoms with E-state index >= 15 is 0 Å². The Balaban J connectivity index is 1.76. The summed E-state index contributed by atoms with van der Waals surface area (Å²) >= 11 is 1.75. The first-order valence-corrected chi connectivity index (χ1v) is 8.39. The summed E-state index contributed by atoms with van der Waals surface area (Å²) in [5, 5.41) is 0.383. The predicted molar refractivity (Wildman–Crippen MR) is 87.4 cm³/mol. The zero-order chi connectivity index (χ0) is 15.5. The fraction of sp³-hybridized carbons (Fsp3) is 0.333. The Kier molecular flexibility index (Phi) is 4.79. The largest absolute Gasteiger partial charge is 0.243 e. The van der Waals surface area contributed by atoms with Gasteiger partial charge in [-0.2, -0.15) is 0 Å². The van der Waals surface area contributed by atoms with Crippen LogP contribution in [0.25, 0.3) is 0 Å². The molecule has 1 heterocycles. The van der Waals surface area contributed by atoms with Gasteiger partial charge >= 0.3 is 0 Å². The van der Waals surface area contributed by atoms with E-state index in [1.165, 1.54) is 23.8 Å². The molecular weight excluding hydrogens is 300 g/mol. The maximum atomic E-state index is 13.9. The lowest BCUT2D eigenvalue weighted by molar-refractivity contribution is 0.317. The molecule has 0 aliphatic carbocycles. The molecule has 1 unspecified atom stereocenters. The maximum Gasteiger partial charge on any atom is 0.127 e. The summed E-state index contributed by atoms with van der Waals surface area (Å²) in [7, 11) is 0. The van der Waals surface area contributed by atoms with Crippen LogP contribution in [0, 0.1) is 11.6 Å². The topological polar surface area (TPSA) is 3.24 Å². The molecule has 0 bridgehead atoms. The summed E-state index contributed by atoms with van der Waals surface area (Å²) in [6.07, 6.45) is 2.17. The van der Waals surface area contributed by atoms with Gasteiger partial charge in [0.25, 0.3) is 0 Å². The van der Waals surface area contributed by atoms with Gasteiger partial charge in [-0.15, -0.1) is 0 Å². The molecule has 2 aromatic carbocycles. The summed E-state index contributed by atoms with van der Waals surface area (Å²) in [5.74, 6) is -0.721. The van der Waals surface area contributed by atoms with E-state index in [-0.39, 0.29) is 11.6 Å². The molecule has 4 heteroatoms. The molecule has 0 spiro atoms. The maximum absolute atomic E-state index is 13.9. The molecule has 116 valence electrons. The minimum Gasteiger partial charge on any atom is -0.243 e. The molecule has 0 radical (unpaired) electrons. The molecule has 1 saturated heterocycles. The number of rotatable bonds is 3. The molecule has 1 aliphatic rings. The Morgan fingerprint density at radius 3 is 2.64 bits per heavy atom. The van der Waals surface area contributed by atoms with Crippen molar-refractivity contribution in [2.24, 2.45) is 0 Å². The number of hydrogen-bond donors (Lipinski definition) is 0. The zero-order valence-corrected chi connectivity index (χ0v) is 13.3. The third-order valence-electron chi connectivity index (χ3n) is 4.11. The molecule has 1 nitrogen and oxygen atoms in total. The third kappa shape index (κ3) is 3.50. The van der Waals surface area contributed by atoms with Crippen LogP contribution >= 0.6 is 11.9 Å². The van der Waals surface area contributed by atoms with Crippen molar-refractivity contribution in [1.82, 2.24) is 4.31 Å². The van der Waals surface area contributed by atoms with Crippen molar-refractivity contribution in [3.8, 4) is 0 Å². The van der Waals surface area contributed by atoms with E-state index in [9.17, 15) is 8.78 Å². The van der Waals surface area contributed by atoms with Gasteiger partial charge in [0, 0.05) is 23.4 Å². The van der Waals surface area contributed by atoms with Crippen LogP contribution in [0.15, 0.2) is 48.5 Å². The van der Waals surface area contributed by atoms with E-state index < -0.39 is 0 Å². The third-order valence-corrected chi connectivity index (χ3v) is 5.63. The highest BCUT2D eigenvalue weighted by Gasteiger charge is 2.28. The van der Waals surface area contributed by atoms with E-state index in [1.807, 2.05) is 18.2 Å². The molecule has 1 aliphatic heterocycles. The highest BCUT2D eigenvalue weighted by atomic mass is 32.2. The van der Waals surface area contributed by atoms with Gasteiger partial charge < -0.3 is 0 Å². The van der Waals surface area contributed by atoms with Gasteiger partial charge in [-0.3, -0.25) is 0 Å². The zero-order valence-electron chi connectivity index (χ0n) is 12.5. The van der Waals surface area contributed by atoms with Crippen LogP contribution in [0.3, 0.4) is 0 Å². The van der Waals surface area contributed by atoms with Crippen molar-refractivity contribution < 1.29 is 8.78 Å². The smallest absolute Gasteiger partial charge is 0.127 e. The second-order valence-electron chi connectivity index (χ2n) is 5.74. The summed E-state index contributed by atoms with van der Waals surface area (Å²) < 4.78 is 29.4. The quantitative estimate of drug-likeness (QED) is 0.703. The molecule has 0 amide bonds. The highest BCUT2D eigenvalue weighted by Crippen LogP contribution is 2.43. The first-order valence-electron chi connectivity index (χ1n) is 7.56. The summed E-state index contributed by atoms with van der Waals surface area (Å²) in [5.41, 5.74) is 1.72. The molecule has 3 rings (SSSR count). The monoisotopic (exact) mass is 319 g/mol. The Morgan fingerprint density at radius 2 is 1.86 bits per heavy atom. The van der Waals surface area contributed by atoms with Crippen LogP contribution in [-0.4, -0.2) is 10.3 Å². The van der Waals surface area contributed by atoms with Crippen LogP contribution in [0.5, 0.6) is 0 Å². The van der Waals surface area contributed by atoms with Crippen molar-refractivity contribution in [2.45, 2.75) is 37.6 Å². The van der Waals surface area contributed by atoms with E-state index in [4.69, 9.17) is 0 Å². The van der Waals surface area contributed by atoms with Crippen LogP contribution in [0.1, 0.15) is 36.1 Å². The normalized spacial score (nSPS) is 22.7. The molecule has 22 heavy (non-hydrogen) atoms. The lowest BCUT2D eigenvalue weighted by Gasteiger charge is -2.37. The first kappa shape index (κ1) is 15.5. The second-order valence-corrected chi connectivity index (χ2v) is 6.99. The van der Waals surface area contributed by atoms with Crippen LogP contribution < -0.4 is 0 Å². The van der Waals surface area contributed by atoms with Crippen molar-refractivity contribution in [2.75, 3.05) is 0 Å². The van der Waals surface area contributed by atoms with E-state index in [2.05, 4.69) is 23.4 Å². The Morgan fingerprint density at radius 1 is 1.09 bits per heavy atom. The molecule has 2 atom stereocenters. The average Bonchev–Trinajstić information content (AvgIpc) is 2.54. The second kappa shape index (κ2) is 6.80. The van der Waals surface area contributed by atoms with Gasteiger partial charge in [0.05, 0.1) is 0 Å². The van der Waals surface area contributed by atoms with Crippen molar-refractivity contribution >= 4 is 11.9 Å².